The summed E-state index contributed by atoms with van der Waals surface area (Å²) < 4.78 is 21.5. The van der Waals surface area contributed by atoms with Crippen molar-refractivity contribution in [3.8, 4) is 23.0 Å². The lowest BCUT2D eigenvalue weighted by molar-refractivity contribution is -0.127. The number of hydrogen-bond acceptors (Lipinski definition) is 8. The molecule has 0 saturated carbocycles. The molecule has 9 nitrogen and oxygen atoms in total. The molecule has 2 aromatic rings. The Labute approximate surface area is 194 Å². The Bertz CT molecular complexity index is 1130. The van der Waals surface area contributed by atoms with E-state index in [0.29, 0.717) is 40.9 Å². The number of fused-ring (bicyclic) bond motifs is 1. The van der Waals surface area contributed by atoms with Crippen LogP contribution in [0.3, 0.4) is 0 Å². The molecular formula is C23H22N2O7S. The largest absolute Gasteiger partial charge is 0.493 e. The van der Waals surface area contributed by atoms with Crippen LogP contribution in [0, 0.1) is 0 Å². The van der Waals surface area contributed by atoms with Gasteiger partial charge < -0.3 is 24.3 Å². The first-order valence-electron chi connectivity index (χ1n) is 10.2. The van der Waals surface area contributed by atoms with Crippen molar-refractivity contribution in [2.24, 2.45) is 0 Å². The fourth-order valence-corrected chi connectivity index (χ4v) is 4.05. The number of rotatable bonds is 8. The monoisotopic (exact) mass is 470 g/mol. The number of methoxy groups -OCH3 is 1. The molecule has 2 aromatic carbocycles. The van der Waals surface area contributed by atoms with Gasteiger partial charge in [0.15, 0.2) is 23.0 Å². The minimum absolute atomic E-state index is 0.121. The molecule has 2 heterocycles. The van der Waals surface area contributed by atoms with E-state index in [4.69, 9.17) is 18.9 Å². The molecule has 0 atom stereocenters. The zero-order chi connectivity index (χ0) is 23.4. The highest BCUT2D eigenvalue weighted by Crippen LogP contribution is 2.36. The van der Waals surface area contributed by atoms with E-state index in [-0.39, 0.29) is 11.7 Å². The van der Waals surface area contributed by atoms with E-state index >= 15 is 0 Å². The Balaban J connectivity index is 1.43. The van der Waals surface area contributed by atoms with Crippen LogP contribution in [-0.4, -0.2) is 49.0 Å². The Morgan fingerprint density at radius 2 is 1.97 bits per heavy atom. The Hall–Kier alpha value is -3.66. The number of hydrogen-bond donors (Lipinski definition) is 1. The molecule has 1 fully saturated rings. The highest BCUT2D eigenvalue weighted by molar-refractivity contribution is 8.18. The van der Waals surface area contributed by atoms with Gasteiger partial charge in [-0.3, -0.25) is 19.3 Å². The van der Waals surface area contributed by atoms with Gasteiger partial charge in [0.25, 0.3) is 11.1 Å². The third-order valence-corrected chi connectivity index (χ3v) is 5.69. The highest BCUT2D eigenvalue weighted by atomic mass is 32.2. The minimum Gasteiger partial charge on any atom is -0.493 e. The normalized spacial score (nSPS) is 15.8. The van der Waals surface area contributed by atoms with Crippen LogP contribution in [-0.2, 0) is 9.59 Å². The van der Waals surface area contributed by atoms with E-state index in [0.717, 1.165) is 23.1 Å². The van der Waals surface area contributed by atoms with E-state index in [1.54, 1.807) is 42.5 Å². The highest BCUT2D eigenvalue weighted by Gasteiger charge is 2.36. The number of thioether (sulfide) groups is 1. The zero-order valence-corrected chi connectivity index (χ0v) is 18.9. The average molecular weight is 471 g/mol. The molecule has 33 heavy (non-hydrogen) atoms. The molecular weight excluding hydrogens is 448 g/mol. The topological polar surface area (TPSA) is 103 Å². The Morgan fingerprint density at radius 1 is 1.15 bits per heavy atom. The number of imide groups is 1. The minimum atomic E-state index is -0.531. The number of anilines is 1. The van der Waals surface area contributed by atoms with Gasteiger partial charge in [0.1, 0.15) is 6.54 Å². The maximum Gasteiger partial charge on any atom is 0.294 e. The van der Waals surface area contributed by atoms with Crippen molar-refractivity contribution in [2.75, 3.05) is 32.4 Å². The molecule has 0 aromatic heterocycles. The number of carbonyl (C=O) groups is 3. The summed E-state index contributed by atoms with van der Waals surface area (Å²) in [7, 11) is 1.53. The number of nitrogens with zero attached hydrogens (tertiary/aromatic N) is 1. The summed E-state index contributed by atoms with van der Waals surface area (Å²) in [5, 5.41) is 2.15. The van der Waals surface area contributed by atoms with Crippen molar-refractivity contribution in [3.05, 3.63) is 46.9 Å². The summed E-state index contributed by atoms with van der Waals surface area (Å²) in [6.07, 6.45) is 2.45. The maximum absolute atomic E-state index is 12.8. The third-order valence-electron chi connectivity index (χ3n) is 4.78. The number of nitrogens with one attached hydrogen (secondary N) is 1. The van der Waals surface area contributed by atoms with Crippen LogP contribution >= 0.6 is 11.8 Å². The van der Waals surface area contributed by atoms with Gasteiger partial charge in [-0.15, -0.1) is 0 Å². The van der Waals surface area contributed by atoms with E-state index < -0.39 is 23.6 Å². The summed E-state index contributed by atoms with van der Waals surface area (Å²) in [5.41, 5.74) is 1.15. The summed E-state index contributed by atoms with van der Waals surface area (Å²) >= 11 is 0.783. The third kappa shape index (κ3) is 5.06. The molecule has 10 heteroatoms. The summed E-state index contributed by atoms with van der Waals surface area (Å²) in [6, 6.07) is 10.2. The van der Waals surface area contributed by atoms with Crippen LogP contribution in [0.15, 0.2) is 41.3 Å². The van der Waals surface area contributed by atoms with Crippen LogP contribution < -0.4 is 24.3 Å². The molecule has 2 aliphatic rings. The fourth-order valence-electron chi connectivity index (χ4n) is 3.21. The maximum atomic E-state index is 12.8. The predicted octanol–water partition coefficient (Wildman–Crippen LogP) is 3.89. The van der Waals surface area contributed by atoms with Gasteiger partial charge in [-0.25, -0.2) is 0 Å². The molecule has 0 unspecified atom stereocenters. The summed E-state index contributed by atoms with van der Waals surface area (Å²) in [4.78, 5) is 38.7. The molecule has 172 valence electrons. The standard InChI is InChI=1S/C23H22N2O7S/c1-3-8-30-16-6-4-14(9-18(16)29-2)10-20-22(27)25(23(28)33-20)12-21(26)24-15-5-7-17-19(11-15)32-13-31-17/h4-7,9-11H,3,8,12-13H2,1-2H3,(H,24,26)/b20-10-. The molecule has 1 saturated heterocycles. The van der Waals surface area contributed by atoms with Gasteiger partial charge in [0, 0.05) is 11.8 Å². The second-order valence-electron chi connectivity index (χ2n) is 7.14. The van der Waals surface area contributed by atoms with Gasteiger partial charge in [-0.05, 0) is 54.1 Å². The quantitative estimate of drug-likeness (QED) is 0.580. The number of carbonyl (C=O) groups excluding carboxylic acids is 3. The van der Waals surface area contributed by atoms with Gasteiger partial charge >= 0.3 is 0 Å². The summed E-state index contributed by atoms with van der Waals surface area (Å²) in [5.74, 6) is 1.20. The van der Waals surface area contributed by atoms with Crippen molar-refractivity contribution in [1.82, 2.24) is 4.90 Å². The average Bonchev–Trinajstić information content (AvgIpc) is 3.37. The van der Waals surface area contributed by atoms with E-state index in [9.17, 15) is 14.4 Å². The lowest BCUT2D eigenvalue weighted by atomic mass is 10.2. The molecule has 4 rings (SSSR count). The van der Waals surface area contributed by atoms with Gasteiger partial charge in [0.2, 0.25) is 12.7 Å². The SMILES string of the molecule is CCCOc1ccc(/C=C2\SC(=O)N(CC(=O)Nc3ccc4c(c3)OCO4)C2=O)cc1OC. The second-order valence-corrected chi connectivity index (χ2v) is 8.14. The lowest BCUT2D eigenvalue weighted by Crippen LogP contribution is -2.36. The van der Waals surface area contributed by atoms with E-state index in [1.165, 1.54) is 7.11 Å². The number of ether oxygens (including phenoxy) is 4. The number of benzene rings is 2. The first kappa shape index (κ1) is 22.5. The second kappa shape index (κ2) is 9.86. The molecule has 0 aliphatic carbocycles. The van der Waals surface area contributed by atoms with Crippen molar-refractivity contribution < 1.29 is 33.3 Å². The van der Waals surface area contributed by atoms with Crippen LogP contribution in [0.4, 0.5) is 10.5 Å². The Morgan fingerprint density at radius 3 is 2.76 bits per heavy atom. The van der Waals surface area contributed by atoms with Crippen molar-refractivity contribution >= 4 is 40.6 Å². The van der Waals surface area contributed by atoms with E-state index in [1.807, 2.05) is 6.92 Å². The molecule has 0 bridgehead atoms. The van der Waals surface area contributed by atoms with Gasteiger partial charge in [-0.2, -0.15) is 0 Å². The zero-order valence-electron chi connectivity index (χ0n) is 18.1. The summed E-state index contributed by atoms with van der Waals surface area (Å²) in [6.45, 7) is 2.29. The lowest BCUT2D eigenvalue weighted by Gasteiger charge is -2.13. The van der Waals surface area contributed by atoms with Gasteiger partial charge in [0.05, 0.1) is 18.6 Å². The predicted molar refractivity (Wildman–Crippen MR) is 123 cm³/mol. The molecule has 1 N–H and O–H groups in total. The van der Waals surface area contributed by atoms with Crippen LogP contribution in [0.25, 0.3) is 6.08 Å². The first-order valence-corrected chi connectivity index (χ1v) is 11.1. The molecule has 3 amide bonds. The fraction of sp³-hybridized carbons (Fsp3) is 0.261. The van der Waals surface area contributed by atoms with Crippen molar-refractivity contribution in [1.29, 1.82) is 0 Å². The molecule has 2 aliphatic heterocycles. The first-order chi connectivity index (χ1) is 16.0. The van der Waals surface area contributed by atoms with Crippen molar-refractivity contribution in [2.45, 2.75) is 13.3 Å². The smallest absolute Gasteiger partial charge is 0.294 e. The Kier molecular flexibility index (Phi) is 6.74. The molecule has 0 spiro atoms. The molecule has 0 radical (unpaired) electrons. The van der Waals surface area contributed by atoms with Crippen molar-refractivity contribution in [3.63, 3.8) is 0 Å². The van der Waals surface area contributed by atoms with Crippen LogP contribution in [0.1, 0.15) is 18.9 Å². The van der Waals surface area contributed by atoms with Crippen LogP contribution in [0.2, 0.25) is 0 Å². The van der Waals surface area contributed by atoms with Crippen LogP contribution in [0.5, 0.6) is 23.0 Å². The van der Waals surface area contributed by atoms with E-state index in [2.05, 4.69) is 5.32 Å². The van der Waals surface area contributed by atoms with Gasteiger partial charge in [-0.1, -0.05) is 13.0 Å². The number of amides is 3.